The minimum absolute atomic E-state index is 0.0453. The molecule has 0 fully saturated rings. The smallest absolute Gasteiger partial charge is 0.250 e. The highest BCUT2D eigenvalue weighted by molar-refractivity contribution is 6.31. The number of hydrogen-bond acceptors (Lipinski definition) is 4. The van der Waals surface area contributed by atoms with E-state index in [0.717, 1.165) is 0 Å². The molecule has 1 aromatic rings. The summed E-state index contributed by atoms with van der Waals surface area (Å²) in [5.41, 5.74) is 6.67. The fraction of sp³-hybridized carbons (Fsp3) is 0.462. The average Bonchev–Trinajstić information content (AvgIpc) is 2.37. The monoisotopic (exact) mass is 286 g/mol. The van der Waals surface area contributed by atoms with E-state index in [0.29, 0.717) is 29.6 Å². The van der Waals surface area contributed by atoms with E-state index in [-0.39, 0.29) is 18.6 Å². The van der Waals surface area contributed by atoms with E-state index in [2.05, 4.69) is 5.32 Å². The Labute approximate surface area is 118 Å². The molecular weight excluding hydrogens is 268 g/mol. The van der Waals surface area contributed by atoms with Gasteiger partial charge in [-0.2, -0.15) is 0 Å². The van der Waals surface area contributed by atoms with Crippen LogP contribution in [-0.4, -0.2) is 31.8 Å². The minimum Gasteiger partial charge on any atom is -0.397 e. The third-order valence-corrected chi connectivity index (χ3v) is 2.58. The van der Waals surface area contributed by atoms with E-state index >= 15 is 0 Å². The molecule has 19 heavy (non-hydrogen) atoms. The van der Waals surface area contributed by atoms with Crippen LogP contribution >= 0.6 is 11.6 Å². The number of amides is 1. The summed E-state index contributed by atoms with van der Waals surface area (Å²) in [4.78, 5) is 11.7. The zero-order valence-electron chi connectivity index (χ0n) is 11.1. The number of rotatable bonds is 7. The van der Waals surface area contributed by atoms with Gasteiger partial charge < -0.3 is 20.5 Å². The Balaban J connectivity index is 2.38. The highest BCUT2D eigenvalue weighted by atomic mass is 35.5. The van der Waals surface area contributed by atoms with Crippen LogP contribution in [0.25, 0.3) is 0 Å². The molecule has 1 aromatic carbocycles. The van der Waals surface area contributed by atoms with Gasteiger partial charge in [-0.3, -0.25) is 4.79 Å². The molecule has 0 spiro atoms. The van der Waals surface area contributed by atoms with Gasteiger partial charge in [-0.15, -0.1) is 0 Å². The number of benzene rings is 1. The Morgan fingerprint density at radius 2 is 2.26 bits per heavy atom. The minimum atomic E-state index is -0.266. The maximum atomic E-state index is 11.7. The van der Waals surface area contributed by atoms with Crippen molar-refractivity contribution in [3.8, 4) is 0 Å². The van der Waals surface area contributed by atoms with Crippen LogP contribution in [0.1, 0.15) is 13.8 Å². The standard InChI is InChI=1S/C13H19ClN2O3/c1-3-18-7-9(2)19-8-13(17)16-12-5-4-10(14)6-11(12)15/h4-6,9H,3,7-8,15H2,1-2H3,(H,16,17). The number of anilines is 2. The van der Waals surface area contributed by atoms with E-state index in [9.17, 15) is 4.79 Å². The number of nitrogens with one attached hydrogen (secondary N) is 1. The predicted molar refractivity (Wildman–Crippen MR) is 76.4 cm³/mol. The lowest BCUT2D eigenvalue weighted by molar-refractivity contribution is -0.123. The van der Waals surface area contributed by atoms with Gasteiger partial charge in [0.25, 0.3) is 0 Å². The van der Waals surface area contributed by atoms with Crippen LogP contribution in [0.15, 0.2) is 18.2 Å². The molecule has 1 unspecified atom stereocenters. The van der Waals surface area contributed by atoms with Crippen molar-refractivity contribution in [1.82, 2.24) is 0 Å². The SMILES string of the molecule is CCOCC(C)OCC(=O)Nc1ccc(Cl)cc1N. The van der Waals surface area contributed by atoms with Crippen LogP contribution in [-0.2, 0) is 14.3 Å². The van der Waals surface area contributed by atoms with E-state index < -0.39 is 0 Å². The summed E-state index contributed by atoms with van der Waals surface area (Å²) in [6, 6.07) is 4.89. The summed E-state index contributed by atoms with van der Waals surface area (Å²) >= 11 is 5.77. The van der Waals surface area contributed by atoms with E-state index in [1.165, 1.54) is 0 Å². The molecule has 0 aliphatic heterocycles. The molecule has 0 saturated heterocycles. The number of halogens is 1. The van der Waals surface area contributed by atoms with E-state index in [4.69, 9.17) is 26.8 Å². The van der Waals surface area contributed by atoms with Crippen LogP contribution in [0.5, 0.6) is 0 Å². The quantitative estimate of drug-likeness (QED) is 0.754. The van der Waals surface area contributed by atoms with Crippen LogP contribution in [0.2, 0.25) is 5.02 Å². The summed E-state index contributed by atoms with van der Waals surface area (Å²) in [5, 5.41) is 3.19. The topological polar surface area (TPSA) is 73.6 Å². The number of carbonyl (C=O) groups excluding carboxylic acids is 1. The van der Waals surface area contributed by atoms with Gasteiger partial charge in [0.15, 0.2) is 0 Å². The van der Waals surface area contributed by atoms with Gasteiger partial charge in [0.1, 0.15) is 6.61 Å². The molecule has 6 heteroatoms. The predicted octanol–water partition coefficient (Wildman–Crippen LogP) is 2.30. The fourth-order valence-electron chi connectivity index (χ4n) is 1.38. The second-order valence-electron chi connectivity index (χ2n) is 4.06. The van der Waals surface area contributed by atoms with Gasteiger partial charge in [0.05, 0.1) is 24.1 Å². The third-order valence-electron chi connectivity index (χ3n) is 2.34. The molecule has 0 bridgehead atoms. The zero-order chi connectivity index (χ0) is 14.3. The molecule has 0 aliphatic carbocycles. The lowest BCUT2D eigenvalue weighted by Crippen LogP contribution is -2.24. The number of nitrogen functional groups attached to an aromatic ring is 1. The van der Waals surface area contributed by atoms with Crippen molar-refractivity contribution in [2.24, 2.45) is 0 Å². The highest BCUT2D eigenvalue weighted by Crippen LogP contribution is 2.22. The molecule has 1 atom stereocenters. The molecule has 3 N–H and O–H groups in total. The van der Waals surface area contributed by atoms with Gasteiger partial charge in [-0.25, -0.2) is 0 Å². The van der Waals surface area contributed by atoms with Crippen molar-refractivity contribution in [3.63, 3.8) is 0 Å². The van der Waals surface area contributed by atoms with Gasteiger partial charge in [-0.1, -0.05) is 11.6 Å². The Morgan fingerprint density at radius 3 is 2.89 bits per heavy atom. The molecule has 0 aromatic heterocycles. The second kappa shape index (κ2) is 7.99. The van der Waals surface area contributed by atoms with Crippen molar-refractivity contribution < 1.29 is 14.3 Å². The Hall–Kier alpha value is -1.30. The molecule has 106 valence electrons. The first kappa shape index (κ1) is 15.8. The van der Waals surface area contributed by atoms with E-state index in [1.807, 2.05) is 13.8 Å². The second-order valence-corrected chi connectivity index (χ2v) is 4.50. The number of nitrogens with two attached hydrogens (primary N) is 1. The molecule has 1 rings (SSSR count). The van der Waals surface area contributed by atoms with E-state index in [1.54, 1.807) is 18.2 Å². The normalized spacial score (nSPS) is 12.2. The first-order valence-corrected chi connectivity index (χ1v) is 6.45. The third kappa shape index (κ3) is 5.92. The van der Waals surface area contributed by atoms with Crippen molar-refractivity contribution in [3.05, 3.63) is 23.2 Å². The summed E-state index contributed by atoms with van der Waals surface area (Å²) in [7, 11) is 0. The van der Waals surface area contributed by atoms with Crippen molar-refractivity contribution in [2.75, 3.05) is 30.9 Å². The van der Waals surface area contributed by atoms with Crippen LogP contribution in [0, 0.1) is 0 Å². The molecule has 0 heterocycles. The maximum Gasteiger partial charge on any atom is 0.250 e. The molecule has 1 amide bonds. The lowest BCUT2D eigenvalue weighted by atomic mass is 10.2. The number of ether oxygens (including phenoxy) is 2. The molecular formula is C13H19ClN2O3. The summed E-state index contributed by atoms with van der Waals surface area (Å²) < 4.78 is 10.5. The van der Waals surface area contributed by atoms with Crippen molar-refractivity contribution in [1.29, 1.82) is 0 Å². The zero-order valence-corrected chi connectivity index (χ0v) is 11.9. The average molecular weight is 287 g/mol. The van der Waals surface area contributed by atoms with Crippen LogP contribution < -0.4 is 11.1 Å². The maximum absolute atomic E-state index is 11.7. The van der Waals surface area contributed by atoms with Gasteiger partial charge >= 0.3 is 0 Å². The van der Waals surface area contributed by atoms with Crippen molar-refractivity contribution in [2.45, 2.75) is 20.0 Å². The first-order chi connectivity index (χ1) is 9.02. The first-order valence-electron chi connectivity index (χ1n) is 6.07. The van der Waals surface area contributed by atoms with Crippen molar-refractivity contribution >= 4 is 28.9 Å². The Morgan fingerprint density at radius 1 is 1.53 bits per heavy atom. The summed E-state index contributed by atoms with van der Waals surface area (Å²) in [6.07, 6.45) is -0.131. The van der Waals surface area contributed by atoms with Crippen LogP contribution in [0.3, 0.4) is 0 Å². The van der Waals surface area contributed by atoms with Crippen LogP contribution in [0.4, 0.5) is 11.4 Å². The fourth-order valence-corrected chi connectivity index (χ4v) is 1.56. The van der Waals surface area contributed by atoms with Gasteiger partial charge in [-0.05, 0) is 32.0 Å². The molecule has 0 radical (unpaired) electrons. The molecule has 5 nitrogen and oxygen atoms in total. The summed E-state index contributed by atoms with van der Waals surface area (Å²) in [5.74, 6) is -0.266. The van der Waals surface area contributed by atoms with Gasteiger partial charge in [0, 0.05) is 11.6 Å². The summed E-state index contributed by atoms with van der Waals surface area (Å²) in [6.45, 7) is 4.80. The Kier molecular flexibility index (Phi) is 6.62. The number of hydrogen-bond donors (Lipinski definition) is 2. The molecule has 0 saturated carbocycles. The lowest BCUT2D eigenvalue weighted by Gasteiger charge is -2.13. The number of carbonyl (C=O) groups is 1. The highest BCUT2D eigenvalue weighted by Gasteiger charge is 2.08. The largest absolute Gasteiger partial charge is 0.397 e. The Bertz CT molecular complexity index is 426. The van der Waals surface area contributed by atoms with Gasteiger partial charge in [0.2, 0.25) is 5.91 Å². The molecule has 0 aliphatic rings.